The molecule has 3 atom stereocenters. The van der Waals surface area contributed by atoms with Gasteiger partial charge in [0.05, 0.1) is 5.69 Å². The molecule has 1 aliphatic carbocycles. The van der Waals surface area contributed by atoms with Crippen LogP contribution in [-0.2, 0) is 19.9 Å². The Morgan fingerprint density at radius 1 is 1.10 bits per heavy atom. The van der Waals surface area contributed by atoms with Crippen molar-refractivity contribution in [2.75, 3.05) is 24.8 Å². The lowest BCUT2D eigenvalue weighted by atomic mass is 9.66. The van der Waals surface area contributed by atoms with Crippen molar-refractivity contribution in [3.63, 3.8) is 0 Å². The van der Waals surface area contributed by atoms with E-state index in [2.05, 4.69) is 26.2 Å². The Morgan fingerprint density at radius 3 is 2.51 bits per heavy atom. The first-order valence-electron chi connectivity index (χ1n) is 13.9. The monoisotopic (exact) mass is 584 g/mol. The topological polar surface area (TPSA) is 49.9 Å². The normalized spacial score (nSPS) is 24.9. The summed E-state index contributed by atoms with van der Waals surface area (Å²) in [6.07, 6.45) is 5.05. The van der Waals surface area contributed by atoms with Crippen LogP contribution in [0.4, 0.5) is 5.69 Å². The fraction of sp³-hybridized carbons (Fsp3) is 0.484. The van der Waals surface area contributed by atoms with Crippen molar-refractivity contribution < 1.29 is 14.3 Å². The van der Waals surface area contributed by atoms with Crippen LogP contribution in [0.15, 0.2) is 55.1 Å². The number of likely N-dealkylation sites (tertiary alicyclic amines) is 1. The molecule has 2 aromatic carbocycles. The van der Waals surface area contributed by atoms with Gasteiger partial charge in [-0.15, -0.1) is 6.58 Å². The van der Waals surface area contributed by atoms with Gasteiger partial charge in [-0.25, -0.2) is 0 Å². The van der Waals surface area contributed by atoms with E-state index in [1.165, 1.54) is 0 Å². The second-order valence-corrected chi connectivity index (χ2v) is 19.0. The molecule has 0 aromatic heterocycles. The average molecular weight is 586 g/mol. The third-order valence-electron chi connectivity index (χ3n) is 8.35. The maximum atomic E-state index is 14.9. The average Bonchev–Trinajstić information content (AvgIpc) is 3.66. The van der Waals surface area contributed by atoms with Crippen molar-refractivity contribution in [2.24, 2.45) is 11.8 Å². The number of amides is 2. The predicted molar refractivity (Wildman–Crippen MR) is 161 cm³/mol. The Bertz CT molecular complexity index is 1270. The molecule has 5 rings (SSSR count). The summed E-state index contributed by atoms with van der Waals surface area (Å²) in [5.41, 5.74) is 1.31. The number of allylic oxidation sites excluding steroid dienone is 1. The van der Waals surface area contributed by atoms with Crippen LogP contribution in [0.1, 0.15) is 42.7 Å². The highest BCUT2D eigenvalue weighted by atomic mass is 35.5. The number of hydrogen-bond donors (Lipinski definition) is 0. The van der Waals surface area contributed by atoms with Crippen LogP contribution in [0.5, 0.6) is 0 Å². The van der Waals surface area contributed by atoms with Crippen molar-refractivity contribution in [1.82, 2.24) is 4.90 Å². The number of nitrogens with zero attached hydrogens (tertiary/aromatic N) is 2. The molecule has 2 heterocycles. The number of hydrogen-bond acceptors (Lipinski definition) is 3. The van der Waals surface area contributed by atoms with Crippen LogP contribution in [0.3, 0.4) is 0 Å². The molecule has 0 bridgehead atoms. The minimum Gasteiger partial charge on any atom is -0.361 e. The molecular formula is C31H38Cl2N2O3Si. The number of piperidine rings is 1. The highest BCUT2D eigenvalue weighted by Crippen LogP contribution is 2.58. The molecule has 208 valence electrons. The molecular weight excluding hydrogens is 547 g/mol. The number of carbonyl (C=O) groups excluding carboxylic acids is 2. The smallest absolute Gasteiger partial charge is 0.260 e. The maximum absolute atomic E-state index is 14.9. The Balaban J connectivity index is 1.65. The van der Waals surface area contributed by atoms with E-state index in [4.69, 9.17) is 27.9 Å². The molecule has 1 spiro atoms. The van der Waals surface area contributed by atoms with Crippen LogP contribution in [0.2, 0.25) is 35.7 Å². The lowest BCUT2D eigenvalue weighted by Crippen LogP contribution is -2.63. The first kappa shape index (κ1) is 28.4. The van der Waals surface area contributed by atoms with Gasteiger partial charge in [-0.3, -0.25) is 14.5 Å². The molecule has 2 amide bonds. The van der Waals surface area contributed by atoms with E-state index in [0.29, 0.717) is 42.0 Å². The number of benzene rings is 2. The van der Waals surface area contributed by atoms with Gasteiger partial charge in [-0.2, -0.15) is 0 Å². The molecule has 0 radical (unpaired) electrons. The predicted octanol–water partition coefficient (Wildman–Crippen LogP) is 7.47. The third kappa shape index (κ3) is 5.46. The summed E-state index contributed by atoms with van der Waals surface area (Å²) in [6.45, 7) is 12.1. The van der Waals surface area contributed by atoms with Crippen molar-refractivity contribution >= 4 is 48.8 Å². The molecule has 39 heavy (non-hydrogen) atoms. The summed E-state index contributed by atoms with van der Waals surface area (Å²) in [7, 11) is -1.30. The highest BCUT2D eigenvalue weighted by molar-refractivity contribution is 6.76. The van der Waals surface area contributed by atoms with Gasteiger partial charge in [-0.05, 0) is 67.5 Å². The molecule has 5 nitrogen and oxygen atoms in total. The number of ether oxygens (including phenoxy) is 1. The molecule has 8 heteroatoms. The van der Waals surface area contributed by atoms with Gasteiger partial charge in [0.15, 0.2) is 5.54 Å². The van der Waals surface area contributed by atoms with Crippen LogP contribution in [0, 0.1) is 11.8 Å². The number of anilines is 1. The highest BCUT2D eigenvalue weighted by Gasteiger charge is 2.64. The van der Waals surface area contributed by atoms with Crippen molar-refractivity contribution in [3.8, 4) is 0 Å². The molecule has 1 unspecified atom stereocenters. The quantitative estimate of drug-likeness (QED) is 0.165. The Labute approximate surface area is 243 Å². The summed E-state index contributed by atoms with van der Waals surface area (Å²) in [5, 5.41) is 1.16. The molecule has 0 N–H and O–H groups in total. The minimum atomic E-state index is -1.30. The van der Waals surface area contributed by atoms with Crippen molar-refractivity contribution in [2.45, 2.75) is 62.8 Å². The summed E-state index contributed by atoms with van der Waals surface area (Å²) in [5.74, 6) is -0.225. The Hall–Kier alpha value is -2.12. The van der Waals surface area contributed by atoms with E-state index < -0.39 is 13.6 Å². The van der Waals surface area contributed by atoms with Crippen LogP contribution in [-0.4, -0.2) is 44.7 Å². The SMILES string of the molecule is C=CC[C@H]1C[C@H](c2cccc(Cl)c2)C2(C(=O)N(COCC[Si](C)(C)C)c3cc(Cl)ccc32)N(CC2CC2)C1=O. The number of rotatable bonds is 10. The van der Waals surface area contributed by atoms with Gasteiger partial charge in [-0.1, -0.05) is 67.1 Å². The second-order valence-electron chi connectivity index (χ2n) is 12.5. The van der Waals surface area contributed by atoms with E-state index in [1.54, 1.807) is 4.90 Å². The van der Waals surface area contributed by atoms with E-state index >= 15 is 0 Å². The fourth-order valence-electron chi connectivity index (χ4n) is 6.17. The van der Waals surface area contributed by atoms with Gasteiger partial charge in [0.2, 0.25) is 5.91 Å². The molecule has 1 saturated heterocycles. The number of carbonyl (C=O) groups is 2. The first-order valence-corrected chi connectivity index (χ1v) is 18.4. The zero-order valence-corrected chi connectivity index (χ0v) is 25.6. The number of fused-ring (bicyclic) bond motifs is 2. The Kier molecular flexibility index (Phi) is 8.04. The summed E-state index contributed by atoms with van der Waals surface area (Å²) in [4.78, 5) is 32.7. The third-order valence-corrected chi connectivity index (χ3v) is 10.5. The molecule has 2 aliphatic heterocycles. The van der Waals surface area contributed by atoms with E-state index in [0.717, 1.165) is 35.7 Å². The van der Waals surface area contributed by atoms with Gasteiger partial charge in [0.25, 0.3) is 5.91 Å². The van der Waals surface area contributed by atoms with Gasteiger partial charge in [0, 0.05) is 48.7 Å². The lowest BCUT2D eigenvalue weighted by molar-refractivity contribution is -0.159. The molecule has 2 fully saturated rings. The summed E-state index contributed by atoms with van der Waals surface area (Å²) in [6, 6.07) is 14.4. The van der Waals surface area contributed by atoms with Crippen molar-refractivity contribution in [1.29, 1.82) is 0 Å². The zero-order chi connectivity index (χ0) is 27.9. The van der Waals surface area contributed by atoms with Crippen LogP contribution in [0.25, 0.3) is 0 Å². The van der Waals surface area contributed by atoms with Gasteiger partial charge >= 0.3 is 0 Å². The van der Waals surface area contributed by atoms with Crippen LogP contribution >= 0.6 is 23.2 Å². The molecule has 1 saturated carbocycles. The van der Waals surface area contributed by atoms with Gasteiger partial charge in [0.1, 0.15) is 6.73 Å². The summed E-state index contributed by atoms with van der Waals surface area (Å²) >= 11 is 13.0. The zero-order valence-electron chi connectivity index (χ0n) is 23.1. The standard InChI is InChI=1S/C31H38Cl2N2O3Si/c1-5-7-23-17-27(22-8-6-9-24(32)16-22)31(35(29(23)36)19-21-10-11-21)26-13-12-25(33)18-28(26)34(30(31)37)20-38-14-15-39(2,3)4/h5-6,8-9,12-13,16,18,21,23,27H,1,7,10-11,14-15,17,19-20H2,2-4H3/t23-,27+,31?/m0/s1. The largest absolute Gasteiger partial charge is 0.361 e. The van der Waals surface area contributed by atoms with E-state index in [1.807, 2.05) is 53.4 Å². The lowest BCUT2D eigenvalue weighted by Gasteiger charge is -2.51. The summed E-state index contributed by atoms with van der Waals surface area (Å²) < 4.78 is 6.13. The van der Waals surface area contributed by atoms with E-state index in [-0.39, 0.29) is 30.4 Å². The Morgan fingerprint density at radius 2 is 1.85 bits per heavy atom. The van der Waals surface area contributed by atoms with Gasteiger partial charge < -0.3 is 9.64 Å². The minimum absolute atomic E-state index is 0.0239. The van der Waals surface area contributed by atoms with E-state index in [9.17, 15) is 9.59 Å². The molecule has 3 aliphatic rings. The maximum Gasteiger partial charge on any atom is 0.260 e. The van der Waals surface area contributed by atoms with Crippen molar-refractivity contribution in [3.05, 3.63) is 76.3 Å². The fourth-order valence-corrected chi connectivity index (χ4v) is 7.29. The number of halogens is 2. The first-order chi connectivity index (χ1) is 18.6. The second kappa shape index (κ2) is 11.0. The molecule has 2 aromatic rings. The van der Waals surface area contributed by atoms with Crippen LogP contribution < -0.4 is 4.90 Å².